The van der Waals surface area contributed by atoms with Crippen LogP contribution in [0.3, 0.4) is 0 Å². The van der Waals surface area contributed by atoms with Gasteiger partial charge < -0.3 is 16.8 Å². The topological polar surface area (TPSA) is 0 Å². The van der Waals surface area contributed by atoms with Crippen molar-refractivity contribution >= 4 is 13.6 Å². The van der Waals surface area contributed by atoms with E-state index in [0.717, 1.165) is 0 Å². The van der Waals surface area contributed by atoms with Gasteiger partial charge in [0.2, 0.25) is 0 Å². The third-order valence-electron chi connectivity index (χ3n) is 2.67. The molecule has 0 fully saturated rings. The fourth-order valence-corrected chi connectivity index (χ4v) is 3.07. The molecule has 24 heavy (non-hydrogen) atoms. The molecule has 0 aromatic heterocycles. The predicted molar refractivity (Wildman–Crippen MR) is 104 cm³/mol. The number of hydrogen-bond donors (Lipinski definition) is 0. The van der Waals surface area contributed by atoms with Crippen LogP contribution in [0.15, 0.2) is 72.9 Å². The van der Waals surface area contributed by atoms with Crippen LogP contribution in [0.1, 0.15) is 12.5 Å². The quantitative estimate of drug-likeness (QED) is 0.419. The molecule has 0 bridgehead atoms. The Morgan fingerprint density at radius 1 is 0.875 bits per heavy atom. The van der Waals surface area contributed by atoms with Crippen molar-refractivity contribution in [1.29, 1.82) is 0 Å². The fraction of sp³-hybridized carbons (Fsp3) is 0.182. The Bertz CT molecular complexity index is 542. The minimum Gasteiger partial charge on any atom is -0.328 e. The molecule has 2 heteroatoms. The van der Waals surface area contributed by atoms with E-state index in [4.69, 9.17) is 0 Å². The molecule has 0 amide bonds. The van der Waals surface area contributed by atoms with Crippen molar-refractivity contribution in [3.05, 3.63) is 103 Å². The standard InChI is InChI=1S/C12H16Si.2C5H4.Zr/c1-11(10-13(2,3)4)12-8-6-5-7-9-12;2*1-2-4-5-3-1;/h5-8H,1-4H3;2*1-4H;/q-2;2*-1;+4. The smallest absolute Gasteiger partial charge is 0.328 e. The van der Waals surface area contributed by atoms with Crippen LogP contribution in [0.4, 0.5) is 0 Å². The van der Waals surface area contributed by atoms with E-state index in [-0.39, 0.29) is 26.2 Å². The van der Waals surface area contributed by atoms with E-state index in [0.29, 0.717) is 0 Å². The molecule has 0 aliphatic heterocycles. The van der Waals surface area contributed by atoms with Gasteiger partial charge in [0.05, 0.1) is 0 Å². The maximum absolute atomic E-state index is 3.56. The Labute approximate surface area is 168 Å². The molecule has 0 heterocycles. The summed E-state index contributed by atoms with van der Waals surface area (Å²) < 4.78 is 0. The Hall–Kier alpha value is -1.24. The summed E-state index contributed by atoms with van der Waals surface area (Å²) in [6, 6.07) is 11.3. The molecule has 2 aliphatic carbocycles. The first kappa shape index (κ1) is 22.8. The molecule has 2 radical (unpaired) electrons. The van der Waals surface area contributed by atoms with Gasteiger partial charge in [-0.25, -0.2) is 36.4 Å². The Morgan fingerprint density at radius 2 is 1.38 bits per heavy atom. The summed E-state index contributed by atoms with van der Waals surface area (Å²) in [6.45, 7) is 8.99. The zero-order chi connectivity index (χ0) is 17.0. The number of hydrogen-bond acceptors (Lipinski definition) is 0. The van der Waals surface area contributed by atoms with E-state index in [1.54, 1.807) is 0 Å². The van der Waals surface area contributed by atoms with Crippen LogP contribution in [0, 0.1) is 24.6 Å². The molecule has 0 atom stereocenters. The van der Waals surface area contributed by atoms with Crippen molar-refractivity contribution in [2.45, 2.75) is 26.6 Å². The van der Waals surface area contributed by atoms with Crippen LogP contribution in [-0.2, 0) is 26.2 Å². The van der Waals surface area contributed by atoms with E-state index in [1.807, 2.05) is 66.8 Å². The fourth-order valence-electron chi connectivity index (χ4n) is 1.81. The van der Waals surface area contributed by atoms with E-state index < -0.39 is 8.07 Å². The van der Waals surface area contributed by atoms with Gasteiger partial charge in [-0.1, -0.05) is 19.6 Å². The Kier molecular flexibility index (Phi) is 12.4. The molecule has 0 saturated carbocycles. The first-order chi connectivity index (χ1) is 11.0. The molecule has 120 valence electrons. The monoisotopic (exact) mass is 406 g/mol. The van der Waals surface area contributed by atoms with Crippen molar-refractivity contribution in [2.75, 3.05) is 0 Å². The predicted octanol–water partition coefficient (Wildman–Crippen LogP) is 5.96. The minimum absolute atomic E-state index is 0. The van der Waals surface area contributed by atoms with Gasteiger partial charge in [-0.15, -0.1) is 13.0 Å². The van der Waals surface area contributed by atoms with Gasteiger partial charge in [0.25, 0.3) is 0 Å². The van der Waals surface area contributed by atoms with E-state index >= 15 is 0 Å². The Morgan fingerprint density at radius 3 is 1.67 bits per heavy atom. The Balaban J connectivity index is 0.000000393. The van der Waals surface area contributed by atoms with E-state index in [9.17, 15) is 0 Å². The molecule has 1 aromatic carbocycles. The third kappa shape index (κ3) is 12.2. The van der Waals surface area contributed by atoms with Crippen molar-refractivity contribution in [3.63, 3.8) is 0 Å². The van der Waals surface area contributed by atoms with Gasteiger partial charge >= 0.3 is 26.2 Å². The zero-order valence-electron chi connectivity index (χ0n) is 14.9. The molecule has 0 spiro atoms. The van der Waals surface area contributed by atoms with Crippen LogP contribution in [0.2, 0.25) is 19.6 Å². The van der Waals surface area contributed by atoms with Crippen LogP contribution in [0.25, 0.3) is 5.57 Å². The molecule has 0 N–H and O–H groups in total. The summed E-state index contributed by atoms with van der Waals surface area (Å²) >= 11 is 0. The van der Waals surface area contributed by atoms with Crippen molar-refractivity contribution in [2.24, 2.45) is 0 Å². The average Bonchev–Trinajstić information content (AvgIpc) is 3.25. The summed E-state index contributed by atoms with van der Waals surface area (Å²) in [4.78, 5) is 0. The van der Waals surface area contributed by atoms with E-state index in [1.165, 1.54) is 11.1 Å². The summed E-state index contributed by atoms with van der Waals surface area (Å²) in [7, 11) is -1.21. The molecule has 0 saturated heterocycles. The SMILES string of the molecule is CC(=[C-][Si](C)(C)C)c1[c-]cccc1.[C-]1C=CC=C1.[C-]1C=CC=C1.[Zr+4]. The largest absolute Gasteiger partial charge is 4.00 e. The third-order valence-corrected chi connectivity index (χ3v) is 3.79. The van der Waals surface area contributed by atoms with Crippen molar-refractivity contribution in [1.82, 2.24) is 0 Å². The summed E-state index contributed by atoms with van der Waals surface area (Å²) in [6.07, 6.45) is 21.0. The van der Waals surface area contributed by atoms with Crippen molar-refractivity contribution in [3.8, 4) is 0 Å². The first-order valence-corrected chi connectivity index (χ1v) is 11.2. The zero-order valence-corrected chi connectivity index (χ0v) is 18.4. The van der Waals surface area contributed by atoms with Gasteiger partial charge in [-0.05, 0) is 8.07 Å². The van der Waals surface area contributed by atoms with Gasteiger partial charge in [-0.2, -0.15) is 49.3 Å². The summed E-state index contributed by atoms with van der Waals surface area (Å²) in [5, 5.41) is 0. The van der Waals surface area contributed by atoms with Crippen LogP contribution in [-0.4, -0.2) is 8.07 Å². The minimum atomic E-state index is -1.21. The van der Waals surface area contributed by atoms with E-state index in [2.05, 4.69) is 57.2 Å². The molecule has 0 unspecified atom stereocenters. The maximum Gasteiger partial charge on any atom is 4.00 e. The molecule has 1 aromatic rings. The molecule has 0 nitrogen and oxygen atoms in total. The van der Waals surface area contributed by atoms with Gasteiger partial charge in [0.1, 0.15) is 0 Å². The summed E-state index contributed by atoms with van der Waals surface area (Å²) in [5.74, 6) is 0. The molecule has 3 rings (SSSR count). The second-order valence-electron chi connectivity index (χ2n) is 6.05. The van der Waals surface area contributed by atoms with Crippen LogP contribution in [0.5, 0.6) is 0 Å². The van der Waals surface area contributed by atoms with Gasteiger partial charge in [0.15, 0.2) is 0 Å². The normalized spacial score (nSPS) is 13.8. The van der Waals surface area contributed by atoms with Crippen LogP contribution < -0.4 is 0 Å². The second kappa shape index (κ2) is 13.1. The number of rotatable bonds is 2. The molecule has 2 aliphatic rings. The molecular weight excluding hydrogens is 384 g/mol. The number of allylic oxidation sites excluding steroid dienone is 9. The van der Waals surface area contributed by atoms with Crippen molar-refractivity contribution < 1.29 is 26.2 Å². The average molecular weight is 408 g/mol. The van der Waals surface area contributed by atoms with Crippen LogP contribution >= 0.6 is 0 Å². The second-order valence-corrected chi connectivity index (χ2v) is 10.8. The molecular formula is C22H24SiZr. The first-order valence-electron chi connectivity index (χ1n) is 7.73. The maximum atomic E-state index is 3.56. The number of benzene rings is 1. The van der Waals surface area contributed by atoms with Gasteiger partial charge in [-0.3, -0.25) is 0 Å². The summed E-state index contributed by atoms with van der Waals surface area (Å²) in [5.41, 5.74) is 5.97. The van der Waals surface area contributed by atoms with Gasteiger partial charge in [0, 0.05) is 0 Å².